The van der Waals surface area contributed by atoms with E-state index in [9.17, 15) is 19.2 Å². The van der Waals surface area contributed by atoms with E-state index in [4.69, 9.17) is 0 Å². The zero-order valence-corrected chi connectivity index (χ0v) is 14.8. The molecule has 0 radical (unpaired) electrons. The molecule has 1 aliphatic heterocycles. The Balaban J connectivity index is 1.66. The number of imide groups is 1. The lowest BCUT2D eigenvalue weighted by Gasteiger charge is -2.14. The van der Waals surface area contributed by atoms with E-state index in [0.29, 0.717) is 16.8 Å². The number of carbonyl (C=O) groups is 4. The maximum atomic E-state index is 12.4. The van der Waals surface area contributed by atoms with Crippen LogP contribution < -0.4 is 10.6 Å². The van der Waals surface area contributed by atoms with Crippen molar-refractivity contribution in [1.82, 2.24) is 10.2 Å². The molecule has 0 aromatic heterocycles. The van der Waals surface area contributed by atoms with Gasteiger partial charge in [0.1, 0.15) is 0 Å². The number of rotatable bonds is 5. The van der Waals surface area contributed by atoms with Crippen molar-refractivity contribution in [2.75, 3.05) is 12.4 Å². The Kier molecular flexibility index (Phi) is 5.30. The number of nitrogens with zero attached hydrogens (tertiary/aromatic N) is 1. The Bertz CT molecular complexity index is 890. The lowest BCUT2D eigenvalue weighted by atomic mass is 10.1. The first kappa shape index (κ1) is 18.3. The first-order valence-corrected chi connectivity index (χ1v) is 8.53. The van der Waals surface area contributed by atoms with Crippen molar-refractivity contribution in [3.8, 4) is 0 Å². The fraction of sp³-hybridized carbons (Fsp3) is 0.200. The summed E-state index contributed by atoms with van der Waals surface area (Å²) in [6.45, 7) is 0.216. The van der Waals surface area contributed by atoms with Crippen LogP contribution in [-0.4, -0.2) is 35.6 Å². The van der Waals surface area contributed by atoms with E-state index in [1.807, 2.05) is 0 Å². The minimum Gasteiger partial charge on any atom is -0.355 e. The molecule has 0 atom stereocenters. The number of likely N-dealkylation sites (tertiary alicyclic amines) is 1. The van der Waals surface area contributed by atoms with Gasteiger partial charge in [-0.25, -0.2) is 0 Å². The van der Waals surface area contributed by atoms with Crippen LogP contribution in [0.1, 0.15) is 39.1 Å². The summed E-state index contributed by atoms with van der Waals surface area (Å²) in [5.41, 5.74) is 2.17. The van der Waals surface area contributed by atoms with Gasteiger partial charge in [-0.2, -0.15) is 0 Å². The third kappa shape index (κ3) is 4.20. The van der Waals surface area contributed by atoms with Crippen LogP contribution in [0.4, 0.5) is 5.69 Å². The molecule has 0 spiro atoms. The van der Waals surface area contributed by atoms with Crippen molar-refractivity contribution in [2.45, 2.75) is 19.4 Å². The summed E-state index contributed by atoms with van der Waals surface area (Å²) >= 11 is 0. The van der Waals surface area contributed by atoms with Gasteiger partial charge < -0.3 is 10.6 Å². The Labute approximate surface area is 156 Å². The zero-order valence-electron chi connectivity index (χ0n) is 14.8. The van der Waals surface area contributed by atoms with E-state index in [-0.39, 0.29) is 43.0 Å². The summed E-state index contributed by atoms with van der Waals surface area (Å²) in [4.78, 5) is 48.7. The number of hydrogen-bond acceptors (Lipinski definition) is 4. The van der Waals surface area contributed by atoms with Gasteiger partial charge in [0.25, 0.3) is 11.8 Å². The van der Waals surface area contributed by atoms with E-state index < -0.39 is 0 Å². The molecule has 0 saturated carbocycles. The second kappa shape index (κ2) is 7.82. The monoisotopic (exact) mass is 365 g/mol. The van der Waals surface area contributed by atoms with Gasteiger partial charge in [0, 0.05) is 36.7 Å². The van der Waals surface area contributed by atoms with Crippen LogP contribution in [0.2, 0.25) is 0 Å². The number of benzene rings is 2. The highest BCUT2D eigenvalue weighted by Gasteiger charge is 2.28. The molecule has 2 aromatic carbocycles. The molecule has 1 saturated heterocycles. The van der Waals surface area contributed by atoms with Crippen LogP contribution >= 0.6 is 0 Å². The standard InChI is InChI=1S/C20H19N3O4/c1-21-19(26)15-3-2-4-16(11-15)22-20(27)14-7-5-13(6-8-14)12-23-17(24)9-10-18(23)25/h2-8,11H,9-10,12H2,1H3,(H,21,26)(H,22,27). The maximum absolute atomic E-state index is 12.4. The molecule has 4 amide bonds. The second-order valence-electron chi connectivity index (χ2n) is 6.18. The van der Waals surface area contributed by atoms with Crippen LogP contribution in [0.25, 0.3) is 0 Å². The molecule has 2 aromatic rings. The number of anilines is 1. The Morgan fingerprint density at radius 1 is 0.926 bits per heavy atom. The summed E-state index contributed by atoms with van der Waals surface area (Å²) < 4.78 is 0. The van der Waals surface area contributed by atoms with Crippen molar-refractivity contribution in [2.24, 2.45) is 0 Å². The van der Waals surface area contributed by atoms with E-state index in [1.165, 1.54) is 4.90 Å². The normalized spacial score (nSPS) is 13.6. The summed E-state index contributed by atoms with van der Waals surface area (Å²) in [5.74, 6) is -0.888. The number of amides is 4. The van der Waals surface area contributed by atoms with Crippen molar-refractivity contribution < 1.29 is 19.2 Å². The smallest absolute Gasteiger partial charge is 0.255 e. The van der Waals surface area contributed by atoms with Gasteiger partial charge >= 0.3 is 0 Å². The van der Waals surface area contributed by atoms with E-state index in [2.05, 4.69) is 10.6 Å². The minimum atomic E-state index is -0.316. The third-order valence-corrected chi connectivity index (χ3v) is 4.32. The molecule has 138 valence electrons. The zero-order chi connectivity index (χ0) is 19.4. The molecule has 7 nitrogen and oxygen atoms in total. The predicted octanol–water partition coefficient (Wildman–Crippen LogP) is 1.95. The van der Waals surface area contributed by atoms with Crippen molar-refractivity contribution >= 4 is 29.3 Å². The fourth-order valence-corrected chi connectivity index (χ4v) is 2.83. The summed E-state index contributed by atoms with van der Waals surface area (Å²) in [7, 11) is 1.54. The van der Waals surface area contributed by atoms with Crippen LogP contribution in [-0.2, 0) is 16.1 Å². The van der Waals surface area contributed by atoms with Gasteiger partial charge in [-0.15, -0.1) is 0 Å². The molecule has 3 rings (SSSR count). The highest BCUT2D eigenvalue weighted by molar-refractivity contribution is 6.05. The van der Waals surface area contributed by atoms with Crippen LogP contribution in [0.15, 0.2) is 48.5 Å². The van der Waals surface area contributed by atoms with E-state index in [0.717, 1.165) is 5.56 Å². The molecule has 7 heteroatoms. The second-order valence-corrected chi connectivity index (χ2v) is 6.18. The van der Waals surface area contributed by atoms with Gasteiger partial charge in [0.05, 0.1) is 6.54 Å². The Morgan fingerprint density at radius 3 is 2.22 bits per heavy atom. The van der Waals surface area contributed by atoms with Gasteiger partial charge in [-0.05, 0) is 35.9 Å². The van der Waals surface area contributed by atoms with E-state index in [1.54, 1.807) is 55.6 Å². The lowest BCUT2D eigenvalue weighted by Crippen LogP contribution is -2.28. The van der Waals surface area contributed by atoms with Crippen LogP contribution in [0.3, 0.4) is 0 Å². The average Bonchev–Trinajstić information content (AvgIpc) is 3.00. The Hall–Kier alpha value is -3.48. The summed E-state index contributed by atoms with van der Waals surface area (Å²) in [5, 5.41) is 5.28. The highest BCUT2D eigenvalue weighted by atomic mass is 16.2. The molecular formula is C20H19N3O4. The van der Waals surface area contributed by atoms with Gasteiger partial charge in [0.15, 0.2) is 0 Å². The molecule has 0 aliphatic carbocycles. The maximum Gasteiger partial charge on any atom is 0.255 e. The molecular weight excluding hydrogens is 346 g/mol. The van der Waals surface area contributed by atoms with Crippen molar-refractivity contribution in [1.29, 1.82) is 0 Å². The first-order valence-electron chi connectivity index (χ1n) is 8.53. The predicted molar refractivity (Wildman–Crippen MR) is 99.0 cm³/mol. The van der Waals surface area contributed by atoms with Crippen molar-refractivity contribution in [3.63, 3.8) is 0 Å². The minimum absolute atomic E-state index is 0.169. The largest absolute Gasteiger partial charge is 0.355 e. The van der Waals surface area contributed by atoms with Crippen molar-refractivity contribution in [3.05, 3.63) is 65.2 Å². The molecule has 0 bridgehead atoms. The number of nitrogens with one attached hydrogen (secondary N) is 2. The first-order chi connectivity index (χ1) is 13.0. The van der Waals surface area contributed by atoms with Crippen LogP contribution in [0, 0.1) is 0 Å². The average molecular weight is 365 g/mol. The molecule has 0 unspecified atom stereocenters. The fourth-order valence-electron chi connectivity index (χ4n) is 2.83. The lowest BCUT2D eigenvalue weighted by molar-refractivity contribution is -0.139. The molecule has 2 N–H and O–H groups in total. The molecule has 1 aliphatic rings. The number of hydrogen-bond donors (Lipinski definition) is 2. The summed E-state index contributed by atoms with van der Waals surface area (Å²) in [6, 6.07) is 13.3. The van der Waals surface area contributed by atoms with Crippen LogP contribution in [0.5, 0.6) is 0 Å². The summed E-state index contributed by atoms with van der Waals surface area (Å²) in [6.07, 6.45) is 0.517. The topological polar surface area (TPSA) is 95.6 Å². The van der Waals surface area contributed by atoms with Gasteiger partial charge in [-0.1, -0.05) is 18.2 Å². The SMILES string of the molecule is CNC(=O)c1cccc(NC(=O)c2ccc(CN3C(=O)CCC3=O)cc2)c1. The third-order valence-electron chi connectivity index (χ3n) is 4.32. The molecule has 1 fully saturated rings. The van der Waals surface area contributed by atoms with E-state index >= 15 is 0 Å². The molecule has 27 heavy (non-hydrogen) atoms. The Morgan fingerprint density at radius 2 is 1.59 bits per heavy atom. The highest BCUT2D eigenvalue weighted by Crippen LogP contribution is 2.17. The molecule has 1 heterocycles. The number of carbonyl (C=O) groups excluding carboxylic acids is 4. The quantitative estimate of drug-likeness (QED) is 0.792. The van der Waals surface area contributed by atoms with Gasteiger partial charge in [0.2, 0.25) is 11.8 Å². The van der Waals surface area contributed by atoms with Gasteiger partial charge in [-0.3, -0.25) is 24.1 Å².